The van der Waals surface area contributed by atoms with E-state index >= 15 is 0 Å². The molecular weight excluding hydrogens is 315 g/mol. The van der Waals surface area contributed by atoms with E-state index in [1.165, 1.54) is 6.07 Å². The number of para-hydroxylation sites is 1. The highest BCUT2D eigenvalue weighted by Crippen LogP contribution is 2.32. The van der Waals surface area contributed by atoms with Crippen LogP contribution < -0.4 is 9.47 Å². The standard InChI is InChI=1S/C22H21FO2/c1-3-13-24-21-12-11-17(14-20(21)23)18-10-9-16(2)22(15-18)25-19-7-5-4-6-8-19/h4-12,14-15H,3,13H2,1-2H3. The second kappa shape index (κ2) is 7.84. The second-order valence-electron chi connectivity index (χ2n) is 5.89. The van der Waals surface area contributed by atoms with E-state index in [2.05, 4.69) is 0 Å². The lowest BCUT2D eigenvalue weighted by Gasteiger charge is -2.12. The average molecular weight is 336 g/mol. The highest BCUT2D eigenvalue weighted by molar-refractivity contribution is 5.67. The van der Waals surface area contributed by atoms with Gasteiger partial charge < -0.3 is 9.47 Å². The van der Waals surface area contributed by atoms with Crippen LogP contribution >= 0.6 is 0 Å². The third kappa shape index (κ3) is 4.18. The van der Waals surface area contributed by atoms with Gasteiger partial charge in [0.05, 0.1) is 6.61 Å². The van der Waals surface area contributed by atoms with Gasteiger partial charge in [-0.25, -0.2) is 4.39 Å². The van der Waals surface area contributed by atoms with Crippen molar-refractivity contribution in [3.05, 3.63) is 78.1 Å². The Kier molecular flexibility index (Phi) is 5.34. The lowest BCUT2D eigenvalue weighted by Crippen LogP contribution is -1.97. The molecule has 0 spiro atoms. The van der Waals surface area contributed by atoms with Crippen molar-refractivity contribution in [2.75, 3.05) is 6.61 Å². The van der Waals surface area contributed by atoms with Crippen LogP contribution in [0.3, 0.4) is 0 Å². The molecule has 2 nitrogen and oxygen atoms in total. The summed E-state index contributed by atoms with van der Waals surface area (Å²) >= 11 is 0. The van der Waals surface area contributed by atoms with Crippen molar-refractivity contribution in [3.8, 4) is 28.4 Å². The fraction of sp³-hybridized carbons (Fsp3) is 0.182. The Morgan fingerprint density at radius 3 is 2.28 bits per heavy atom. The maximum Gasteiger partial charge on any atom is 0.165 e. The SMILES string of the molecule is CCCOc1ccc(-c2ccc(C)c(Oc3ccccc3)c2)cc1F. The quantitative estimate of drug-likeness (QED) is 0.520. The molecule has 0 bridgehead atoms. The predicted molar refractivity (Wildman–Crippen MR) is 98.9 cm³/mol. The summed E-state index contributed by atoms with van der Waals surface area (Å²) in [5.41, 5.74) is 2.72. The Hall–Kier alpha value is -2.81. The summed E-state index contributed by atoms with van der Waals surface area (Å²) in [5.74, 6) is 1.48. The molecule has 0 radical (unpaired) electrons. The number of rotatable bonds is 6. The summed E-state index contributed by atoms with van der Waals surface area (Å²) in [4.78, 5) is 0. The summed E-state index contributed by atoms with van der Waals surface area (Å²) in [6.45, 7) is 4.49. The number of ether oxygens (including phenoxy) is 2. The molecule has 128 valence electrons. The van der Waals surface area contributed by atoms with Gasteiger partial charge in [-0.3, -0.25) is 0 Å². The van der Waals surface area contributed by atoms with Gasteiger partial charge in [-0.05, 0) is 60.4 Å². The number of hydrogen-bond donors (Lipinski definition) is 0. The Labute approximate surface area is 147 Å². The van der Waals surface area contributed by atoms with Crippen LogP contribution in [0.15, 0.2) is 66.7 Å². The van der Waals surface area contributed by atoms with Crippen molar-refractivity contribution < 1.29 is 13.9 Å². The number of halogens is 1. The molecule has 0 aliphatic rings. The third-order valence-electron chi connectivity index (χ3n) is 3.89. The molecule has 0 amide bonds. The van der Waals surface area contributed by atoms with E-state index in [1.807, 2.05) is 68.4 Å². The van der Waals surface area contributed by atoms with Gasteiger partial charge in [0.2, 0.25) is 0 Å². The van der Waals surface area contributed by atoms with Gasteiger partial charge in [0.25, 0.3) is 0 Å². The minimum atomic E-state index is -0.350. The fourth-order valence-corrected chi connectivity index (χ4v) is 2.51. The fourth-order valence-electron chi connectivity index (χ4n) is 2.51. The van der Waals surface area contributed by atoms with Crippen molar-refractivity contribution >= 4 is 0 Å². The summed E-state index contributed by atoms with van der Waals surface area (Å²) < 4.78 is 25.6. The number of aryl methyl sites for hydroxylation is 1. The molecule has 0 aliphatic heterocycles. The van der Waals surface area contributed by atoms with Crippen LogP contribution in [0.5, 0.6) is 17.2 Å². The van der Waals surface area contributed by atoms with Gasteiger partial charge in [-0.1, -0.05) is 43.3 Å². The largest absolute Gasteiger partial charge is 0.491 e. The molecule has 0 aromatic heterocycles. The first-order valence-electron chi connectivity index (χ1n) is 8.43. The second-order valence-corrected chi connectivity index (χ2v) is 5.89. The first-order valence-corrected chi connectivity index (χ1v) is 8.43. The van der Waals surface area contributed by atoms with Crippen molar-refractivity contribution in [2.24, 2.45) is 0 Å². The van der Waals surface area contributed by atoms with Crippen LogP contribution in [0.25, 0.3) is 11.1 Å². The molecular formula is C22H21FO2. The Morgan fingerprint density at radius 2 is 1.56 bits per heavy atom. The smallest absolute Gasteiger partial charge is 0.165 e. The van der Waals surface area contributed by atoms with Gasteiger partial charge in [0.1, 0.15) is 11.5 Å². The summed E-state index contributed by atoms with van der Waals surface area (Å²) in [6.07, 6.45) is 0.847. The van der Waals surface area contributed by atoms with Gasteiger partial charge >= 0.3 is 0 Å². The molecule has 0 saturated heterocycles. The Balaban J connectivity index is 1.88. The molecule has 0 heterocycles. The predicted octanol–water partition coefficient (Wildman–Crippen LogP) is 6.38. The number of benzene rings is 3. The highest BCUT2D eigenvalue weighted by Gasteiger charge is 2.09. The van der Waals surface area contributed by atoms with Crippen molar-refractivity contribution in [1.29, 1.82) is 0 Å². The summed E-state index contributed by atoms with van der Waals surface area (Å²) in [5, 5.41) is 0. The maximum atomic E-state index is 14.2. The van der Waals surface area contributed by atoms with E-state index in [-0.39, 0.29) is 5.82 Å². The van der Waals surface area contributed by atoms with E-state index < -0.39 is 0 Å². The third-order valence-corrected chi connectivity index (χ3v) is 3.89. The zero-order chi connectivity index (χ0) is 17.6. The van der Waals surface area contributed by atoms with Crippen molar-refractivity contribution in [2.45, 2.75) is 20.3 Å². The lowest BCUT2D eigenvalue weighted by atomic mass is 10.0. The molecule has 0 fully saturated rings. The molecule has 25 heavy (non-hydrogen) atoms. The van der Waals surface area contributed by atoms with Gasteiger partial charge in [0, 0.05) is 0 Å². The Bertz CT molecular complexity index is 844. The van der Waals surface area contributed by atoms with Gasteiger partial charge in [-0.15, -0.1) is 0 Å². The average Bonchev–Trinajstić information content (AvgIpc) is 2.63. The van der Waals surface area contributed by atoms with E-state index in [0.29, 0.717) is 12.4 Å². The molecule has 0 atom stereocenters. The minimum absolute atomic E-state index is 0.290. The minimum Gasteiger partial charge on any atom is -0.491 e. The van der Waals surface area contributed by atoms with Crippen molar-refractivity contribution in [1.82, 2.24) is 0 Å². The number of hydrogen-bond acceptors (Lipinski definition) is 2. The zero-order valence-electron chi connectivity index (χ0n) is 14.5. The van der Waals surface area contributed by atoms with Gasteiger partial charge in [-0.2, -0.15) is 0 Å². The van der Waals surface area contributed by atoms with E-state index in [4.69, 9.17) is 9.47 Å². The first-order chi connectivity index (χ1) is 12.2. The molecule has 3 heteroatoms. The van der Waals surface area contributed by atoms with Crippen LogP contribution in [0.2, 0.25) is 0 Å². The first kappa shape index (κ1) is 17.0. The normalized spacial score (nSPS) is 10.5. The van der Waals surface area contributed by atoms with E-state index in [0.717, 1.165) is 34.6 Å². The molecule has 0 unspecified atom stereocenters. The summed E-state index contributed by atoms with van der Waals surface area (Å²) in [7, 11) is 0. The van der Waals surface area contributed by atoms with Gasteiger partial charge in [0.15, 0.2) is 11.6 Å². The molecule has 3 aromatic carbocycles. The van der Waals surface area contributed by atoms with Crippen LogP contribution in [0.4, 0.5) is 4.39 Å². The monoisotopic (exact) mass is 336 g/mol. The molecule has 3 aromatic rings. The highest BCUT2D eigenvalue weighted by atomic mass is 19.1. The topological polar surface area (TPSA) is 18.5 Å². The maximum absolute atomic E-state index is 14.2. The molecule has 0 aliphatic carbocycles. The molecule has 0 N–H and O–H groups in total. The van der Waals surface area contributed by atoms with Crippen LogP contribution in [-0.2, 0) is 0 Å². The zero-order valence-corrected chi connectivity index (χ0v) is 14.5. The van der Waals surface area contributed by atoms with Crippen LogP contribution in [0.1, 0.15) is 18.9 Å². The van der Waals surface area contributed by atoms with E-state index in [9.17, 15) is 4.39 Å². The van der Waals surface area contributed by atoms with Crippen LogP contribution in [0, 0.1) is 12.7 Å². The molecule has 3 rings (SSSR count). The lowest BCUT2D eigenvalue weighted by molar-refractivity contribution is 0.301. The van der Waals surface area contributed by atoms with Crippen molar-refractivity contribution in [3.63, 3.8) is 0 Å². The Morgan fingerprint density at radius 1 is 0.840 bits per heavy atom. The molecule has 0 saturated carbocycles. The summed E-state index contributed by atoms with van der Waals surface area (Å²) in [6, 6.07) is 20.5. The van der Waals surface area contributed by atoms with E-state index in [1.54, 1.807) is 6.07 Å². The van der Waals surface area contributed by atoms with Crippen LogP contribution in [-0.4, -0.2) is 6.61 Å².